The molecule has 2 aliphatic rings. The van der Waals surface area contributed by atoms with E-state index in [1.807, 2.05) is 0 Å². The average molecular weight is 242 g/mol. The molecule has 0 saturated carbocycles. The first-order valence-electron chi connectivity index (χ1n) is 5.11. The monoisotopic (exact) mass is 242 g/mol. The molecule has 1 heterocycles. The van der Waals surface area contributed by atoms with Crippen molar-refractivity contribution in [2.24, 2.45) is 11.7 Å². The molecule has 1 aliphatic heterocycles. The topological polar surface area (TPSA) is 89.3 Å². The van der Waals surface area contributed by atoms with Crippen LogP contribution in [0.15, 0.2) is 23.6 Å². The van der Waals surface area contributed by atoms with Crippen molar-refractivity contribution in [2.45, 2.75) is 18.5 Å². The lowest BCUT2D eigenvalue weighted by molar-refractivity contribution is -0.123. The lowest BCUT2D eigenvalue weighted by Gasteiger charge is -2.13. The van der Waals surface area contributed by atoms with Crippen LogP contribution in [0.1, 0.15) is 6.42 Å². The fraction of sp³-hybridized carbons (Fsp3) is 0.500. The van der Waals surface area contributed by atoms with E-state index in [9.17, 15) is 13.2 Å². The van der Waals surface area contributed by atoms with Gasteiger partial charge >= 0.3 is 0 Å². The molecule has 5 nitrogen and oxygen atoms in total. The summed E-state index contributed by atoms with van der Waals surface area (Å²) in [5, 5.41) is 3.83. The van der Waals surface area contributed by atoms with E-state index in [-0.39, 0.29) is 23.6 Å². The Bertz CT molecular complexity index is 453. The molecule has 3 atom stereocenters. The van der Waals surface area contributed by atoms with Gasteiger partial charge in [0.1, 0.15) is 0 Å². The summed E-state index contributed by atoms with van der Waals surface area (Å²) in [7, 11) is -3.11. The Morgan fingerprint density at radius 1 is 1.31 bits per heavy atom. The molecular formula is C10H14N2O3S. The Morgan fingerprint density at radius 2 is 2.06 bits per heavy atom. The van der Waals surface area contributed by atoms with Crippen molar-refractivity contribution < 1.29 is 13.2 Å². The van der Waals surface area contributed by atoms with Gasteiger partial charge in [0.25, 0.3) is 0 Å². The SMILES string of the molecule is NC1C=CC(C(=O)NC2C=CS(=O)(=O)C2)C1. The first kappa shape index (κ1) is 11.3. The predicted octanol–water partition coefficient (Wildman–Crippen LogP) is -0.683. The molecule has 3 unspecified atom stereocenters. The van der Waals surface area contributed by atoms with Crippen molar-refractivity contribution in [3.05, 3.63) is 23.6 Å². The van der Waals surface area contributed by atoms with Gasteiger partial charge in [0.2, 0.25) is 5.91 Å². The highest BCUT2D eigenvalue weighted by Gasteiger charge is 2.27. The minimum Gasteiger partial charge on any atom is -0.348 e. The number of carbonyl (C=O) groups is 1. The maximum Gasteiger partial charge on any atom is 0.227 e. The molecule has 0 aromatic carbocycles. The summed E-state index contributed by atoms with van der Waals surface area (Å²) >= 11 is 0. The van der Waals surface area contributed by atoms with Crippen LogP contribution in [0, 0.1) is 5.92 Å². The van der Waals surface area contributed by atoms with Crippen LogP contribution in [0.2, 0.25) is 0 Å². The molecule has 1 amide bonds. The van der Waals surface area contributed by atoms with E-state index in [1.165, 1.54) is 6.08 Å². The van der Waals surface area contributed by atoms with Gasteiger partial charge in [0, 0.05) is 11.4 Å². The van der Waals surface area contributed by atoms with Crippen LogP contribution in [0.3, 0.4) is 0 Å². The molecule has 0 aromatic heterocycles. The van der Waals surface area contributed by atoms with E-state index in [1.54, 1.807) is 12.2 Å². The first-order valence-corrected chi connectivity index (χ1v) is 6.83. The van der Waals surface area contributed by atoms with E-state index in [2.05, 4.69) is 5.32 Å². The smallest absolute Gasteiger partial charge is 0.227 e. The van der Waals surface area contributed by atoms with Gasteiger partial charge < -0.3 is 11.1 Å². The fourth-order valence-electron chi connectivity index (χ4n) is 1.88. The Balaban J connectivity index is 1.90. The molecule has 88 valence electrons. The molecular weight excluding hydrogens is 228 g/mol. The minimum absolute atomic E-state index is 0.0404. The molecule has 0 saturated heterocycles. The molecule has 0 aromatic rings. The first-order chi connectivity index (χ1) is 7.46. The van der Waals surface area contributed by atoms with E-state index < -0.39 is 15.9 Å². The van der Waals surface area contributed by atoms with Gasteiger partial charge in [0.05, 0.1) is 17.7 Å². The van der Waals surface area contributed by atoms with Gasteiger partial charge in [-0.15, -0.1) is 0 Å². The highest BCUT2D eigenvalue weighted by atomic mass is 32.2. The lowest BCUT2D eigenvalue weighted by Crippen LogP contribution is -2.39. The van der Waals surface area contributed by atoms with Gasteiger partial charge in [-0.05, 0) is 12.5 Å². The molecule has 6 heteroatoms. The highest BCUT2D eigenvalue weighted by molar-refractivity contribution is 7.94. The van der Waals surface area contributed by atoms with Crippen LogP contribution >= 0.6 is 0 Å². The standard InChI is InChI=1S/C10H14N2O3S/c11-8-2-1-7(5-8)10(13)12-9-3-4-16(14,15)6-9/h1-4,7-9H,5-6,11H2,(H,12,13). The minimum atomic E-state index is -3.11. The van der Waals surface area contributed by atoms with Gasteiger partial charge in [-0.25, -0.2) is 8.42 Å². The van der Waals surface area contributed by atoms with Gasteiger partial charge in [0.15, 0.2) is 9.84 Å². The molecule has 0 bridgehead atoms. The lowest BCUT2D eigenvalue weighted by atomic mass is 10.1. The third kappa shape index (κ3) is 2.51. The summed E-state index contributed by atoms with van der Waals surface area (Å²) < 4.78 is 22.2. The average Bonchev–Trinajstić information content (AvgIpc) is 2.73. The van der Waals surface area contributed by atoms with Crippen LogP contribution in [0.4, 0.5) is 0 Å². The zero-order valence-electron chi connectivity index (χ0n) is 8.67. The molecule has 2 rings (SSSR count). The van der Waals surface area contributed by atoms with Crippen LogP contribution in [0.5, 0.6) is 0 Å². The maximum atomic E-state index is 11.7. The summed E-state index contributed by atoms with van der Waals surface area (Å²) in [4.78, 5) is 11.7. The van der Waals surface area contributed by atoms with Crippen molar-refractivity contribution in [3.63, 3.8) is 0 Å². The van der Waals surface area contributed by atoms with Crippen molar-refractivity contribution in [2.75, 3.05) is 5.75 Å². The summed E-state index contributed by atoms with van der Waals surface area (Å²) in [5.74, 6) is -0.427. The van der Waals surface area contributed by atoms with Crippen molar-refractivity contribution in [3.8, 4) is 0 Å². The van der Waals surface area contributed by atoms with Gasteiger partial charge in [-0.2, -0.15) is 0 Å². The Hall–Kier alpha value is -1.14. The van der Waals surface area contributed by atoms with Crippen LogP contribution in [-0.4, -0.2) is 32.2 Å². The number of nitrogens with two attached hydrogens (primary N) is 1. The summed E-state index contributed by atoms with van der Waals surface area (Å²) in [6.45, 7) is 0. The second kappa shape index (κ2) is 4.03. The van der Waals surface area contributed by atoms with Crippen molar-refractivity contribution in [1.29, 1.82) is 0 Å². The molecule has 0 spiro atoms. The number of carbonyl (C=O) groups excluding carboxylic acids is 1. The molecule has 0 fully saturated rings. The fourth-order valence-corrected chi connectivity index (χ4v) is 3.11. The van der Waals surface area contributed by atoms with Crippen LogP contribution in [0.25, 0.3) is 0 Å². The number of nitrogens with one attached hydrogen (secondary N) is 1. The summed E-state index contributed by atoms with van der Waals surface area (Å²) in [6.07, 6.45) is 5.67. The highest BCUT2D eigenvalue weighted by Crippen LogP contribution is 2.17. The van der Waals surface area contributed by atoms with Crippen LogP contribution in [-0.2, 0) is 14.6 Å². The summed E-state index contributed by atoms with van der Waals surface area (Å²) in [6, 6.07) is -0.471. The van der Waals surface area contributed by atoms with Crippen molar-refractivity contribution >= 4 is 15.7 Å². The quantitative estimate of drug-likeness (QED) is 0.628. The third-order valence-corrected chi connectivity index (χ3v) is 4.11. The van der Waals surface area contributed by atoms with Crippen LogP contribution < -0.4 is 11.1 Å². The zero-order chi connectivity index (χ0) is 11.8. The normalized spacial score (nSPS) is 35.4. The zero-order valence-corrected chi connectivity index (χ0v) is 9.48. The Kier molecular flexibility index (Phi) is 2.86. The molecule has 1 aliphatic carbocycles. The van der Waals surface area contributed by atoms with E-state index in [4.69, 9.17) is 5.73 Å². The number of hydrogen-bond acceptors (Lipinski definition) is 4. The van der Waals surface area contributed by atoms with Crippen molar-refractivity contribution in [1.82, 2.24) is 5.32 Å². The Morgan fingerprint density at radius 3 is 2.56 bits per heavy atom. The number of sulfone groups is 1. The molecule has 0 radical (unpaired) electrons. The van der Waals surface area contributed by atoms with E-state index >= 15 is 0 Å². The second-order valence-electron chi connectivity index (χ2n) is 4.16. The predicted molar refractivity (Wildman–Crippen MR) is 60.1 cm³/mol. The Labute approximate surface area is 94.3 Å². The summed E-state index contributed by atoms with van der Waals surface area (Å²) in [5.41, 5.74) is 5.64. The van der Waals surface area contributed by atoms with Gasteiger partial charge in [-0.3, -0.25) is 4.79 Å². The number of hydrogen-bond donors (Lipinski definition) is 2. The van der Waals surface area contributed by atoms with E-state index in [0.29, 0.717) is 6.42 Å². The van der Waals surface area contributed by atoms with Gasteiger partial charge in [-0.1, -0.05) is 12.2 Å². The van der Waals surface area contributed by atoms with E-state index in [0.717, 1.165) is 5.41 Å². The molecule has 3 N–H and O–H groups in total. The molecule has 16 heavy (non-hydrogen) atoms. The largest absolute Gasteiger partial charge is 0.348 e. The third-order valence-electron chi connectivity index (χ3n) is 2.71. The second-order valence-corrected chi connectivity index (χ2v) is 6.10. The number of amides is 1. The maximum absolute atomic E-state index is 11.7. The number of rotatable bonds is 2.